The Bertz CT molecular complexity index is 614. The van der Waals surface area contributed by atoms with Crippen LogP contribution in [0.15, 0.2) is 30.5 Å². The van der Waals surface area contributed by atoms with E-state index in [1.54, 1.807) is 10.9 Å². The van der Waals surface area contributed by atoms with Crippen molar-refractivity contribution >= 4 is 5.91 Å². The fraction of sp³-hybridized carbons (Fsp3) is 0.375. The van der Waals surface area contributed by atoms with E-state index in [2.05, 4.69) is 10.4 Å². The molecular formula is C16H22N4O. The number of hydrogen-bond donors (Lipinski definition) is 1. The van der Waals surface area contributed by atoms with Crippen molar-refractivity contribution in [1.29, 1.82) is 0 Å². The Morgan fingerprint density at radius 2 is 1.90 bits per heavy atom. The molecule has 0 unspecified atom stereocenters. The molecule has 0 saturated heterocycles. The lowest BCUT2D eigenvalue weighted by Crippen LogP contribution is -2.31. The zero-order valence-electron chi connectivity index (χ0n) is 13.1. The third-order valence-corrected chi connectivity index (χ3v) is 3.38. The molecule has 0 fully saturated rings. The molecule has 0 aliphatic rings. The third-order valence-electron chi connectivity index (χ3n) is 3.38. The summed E-state index contributed by atoms with van der Waals surface area (Å²) in [5.74, 6) is -0.0762. The number of likely N-dealkylation sites (N-methyl/N-ethyl adjacent to an activating group) is 1. The number of carbonyl (C=O) groups excluding carboxylic acids is 1. The van der Waals surface area contributed by atoms with Gasteiger partial charge in [-0.15, -0.1) is 0 Å². The van der Waals surface area contributed by atoms with Crippen LogP contribution in [0.5, 0.6) is 0 Å². The van der Waals surface area contributed by atoms with Crippen LogP contribution in [0.4, 0.5) is 0 Å². The van der Waals surface area contributed by atoms with E-state index in [1.807, 2.05) is 57.1 Å². The summed E-state index contributed by atoms with van der Waals surface area (Å²) in [6.07, 6.45) is 1.63. The normalized spacial score (nSPS) is 10.9. The molecule has 2 aromatic rings. The fourth-order valence-electron chi connectivity index (χ4n) is 2.07. The second-order valence-electron chi connectivity index (χ2n) is 5.45. The molecule has 21 heavy (non-hydrogen) atoms. The molecule has 5 nitrogen and oxygen atoms in total. The Balaban J connectivity index is 2.13. The Hall–Kier alpha value is -2.14. The minimum atomic E-state index is -0.0762. The summed E-state index contributed by atoms with van der Waals surface area (Å²) >= 11 is 0. The van der Waals surface area contributed by atoms with E-state index < -0.39 is 0 Å². The van der Waals surface area contributed by atoms with Gasteiger partial charge < -0.3 is 10.2 Å². The number of hydrogen-bond acceptors (Lipinski definition) is 3. The number of carbonyl (C=O) groups is 1. The summed E-state index contributed by atoms with van der Waals surface area (Å²) in [5, 5.41) is 7.24. The van der Waals surface area contributed by atoms with E-state index >= 15 is 0 Å². The van der Waals surface area contributed by atoms with Gasteiger partial charge in [0.25, 0.3) is 5.91 Å². The van der Waals surface area contributed by atoms with E-state index in [1.165, 1.54) is 5.56 Å². The van der Waals surface area contributed by atoms with Crippen molar-refractivity contribution in [3.63, 3.8) is 0 Å². The van der Waals surface area contributed by atoms with Gasteiger partial charge in [-0.2, -0.15) is 5.10 Å². The molecule has 0 aliphatic heterocycles. The first-order valence-corrected chi connectivity index (χ1v) is 7.03. The summed E-state index contributed by atoms with van der Waals surface area (Å²) in [4.78, 5) is 14.2. The van der Waals surface area contributed by atoms with Crippen LogP contribution in [0.1, 0.15) is 21.6 Å². The maximum atomic E-state index is 12.2. The van der Waals surface area contributed by atoms with Crippen LogP contribution in [0.2, 0.25) is 0 Å². The number of aryl methyl sites for hydroxylation is 1. The average molecular weight is 286 g/mol. The van der Waals surface area contributed by atoms with Gasteiger partial charge in [0, 0.05) is 13.1 Å². The van der Waals surface area contributed by atoms with Gasteiger partial charge in [-0.3, -0.25) is 4.79 Å². The van der Waals surface area contributed by atoms with Crippen LogP contribution >= 0.6 is 0 Å². The topological polar surface area (TPSA) is 50.2 Å². The van der Waals surface area contributed by atoms with E-state index in [0.717, 1.165) is 17.9 Å². The standard InChI is InChI=1S/C16H22N4O/c1-12-5-7-14(8-6-12)20-13(2)15(11-18-20)16(21)17-9-10-19(3)4/h5-8,11H,9-10H2,1-4H3,(H,17,21). The summed E-state index contributed by atoms with van der Waals surface area (Å²) < 4.78 is 1.79. The zero-order chi connectivity index (χ0) is 15.4. The van der Waals surface area contributed by atoms with Crippen molar-refractivity contribution in [2.24, 2.45) is 0 Å². The maximum Gasteiger partial charge on any atom is 0.254 e. The summed E-state index contributed by atoms with van der Waals surface area (Å²) in [6, 6.07) is 8.08. The van der Waals surface area contributed by atoms with Gasteiger partial charge in [-0.05, 0) is 40.1 Å². The van der Waals surface area contributed by atoms with Crippen LogP contribution in [0.25, 0.3) is 5.69 Å². The lowest BCUT2D eigenvalue weighted by molar-refractivity contribution is 0.0950. The van der Waals surface area contributed by atoms with Gasteiger partial charge in [-0.25, -0.2) is 4.68 Å². The molecule has 1 N–H and O–H groups in total. The highest BCUT2D eigenvalue weighted by molar-refractivity contribution is 5.95. The average Bonchev–Trinajstić information content (AvgIpc) is 2.81. The number of benzene rings is 1. The zero-order valence-corrected chi connectivity index (χ0v) is 13.1. The molecular weight excluding hydrogens is 264 g/mol. The molecule has 0 saturated carbocycles. The third kappa shape index (κ3) is 3.70. The van der Waals surface area contributed by atoms with E-state index in [4.69, 9.17) is 0 Å². The molecule has 0 spiro atoms. The number of nitrogens with one attached hydrogen (secondary N) is 1. The Labute approximate surface area is 125 Å². The van der Waals surface area contributed by atoms with Crippen LogP contribution in [0, 0.1) is 13.8 Å². The minimum Gasteiger partial charge on any atom is -0.351 e. The monoisotopic (exact) mass is 286 g/mol. The molecule has 0 bridgehead atoms. The first kappa shape index (κ1) is 15.3. The van der Waals surface area contributed by atoms with Gasteiger partial charge >= 0.3 is 0 Å². The molecule has 1 heterocycles. The van der Waals surface area contributed by atoms with Gasteiger partial charge in [0.05, 0.1) is 23.1 Å². The molecule has 1 amide bonds. The predicted molar refractivity (Wildman–Crippen MR) is 83.9 cm³/mol. The maximum absolute atomic E-state index is 12.2. The Kier molecular flexibility index (Phi) is 4.75. The number of aromatic nitrogens is 2. The molecule has 112 valence electrons. The van der Waals surface area contributed by atoms with Crippen molar-refractivity contribution in [2.75, 3.05) is 27.2 Å². The molecule has 1 aromatic carbocycles. The lowest BCUT2D eigenvalue weighted by Gasteiger charge is -2.10. The highest BCUT2D eigenvalue weighted by Gasteiger charge is 2.14. The van der Waals surface area contributed by atoms with Gasteiger partial charge in [0.1, 0.15) is 0 Å². The largest absolute Gasteiger partial charge is 0.351 e. The van der Waals surface area contributed by atoms with E-state index in [9.17, 15) is 4.79 Å². The predicted octanol–water partition coefficient (Wildman–Crippen LogP) is 1.78. The van der Waals surface area contributed by atoms with Gasteiger partial charge in [-0.1, -0.05) is 17.7 Å². The molecule has 1 aromatic heterocycles. The van der Waals surface area contributed by atoms with Gasteiger partial charge in [0.15, 0.2) is 0 Å². The van der Waals surface area contributed by atoms with Crippen LogP contribution in [-0.2, 0) is 0 Å². The minimum absolute atomic E-state index is 0.0762. The first-order valence-electron chi connectivity index (χ1n) is 7.03. The van der Waals surface area contributed by atoms with E-state index in [-0.39, 0.29) is 5.91 Å². The molecule has 0 radical (unpaired) electrons. The fourth-order valence-corrected chi connectivity index (χ4v) is 2.07. The van der Waals surface area contributed by atoms with Crippen LogP contribution in [0.3, 0.4) is 0 Å². The Morgan fingerprint density at radius 1 is 1.24 bits per heavy atom. The van der Waals surface area contributed by atoms with E-state index in [0.29, 0.717) is 12.1 Å². The first-order chi connectivity index (χ1) is 9.99. The molecule has 5 heteroatoms. The van der Waals surface area contributed by atoms with Crippen molar-refractivity contribution < 1.29 is 4.79 Å². The summed E-state index contributed by atoms with van der Waals surface area (Å²) in [7, 11) is 3.96. The molecule has 0 aliphatic carbocycles. The highest BCUT2D eigenvalue weighted by atomic mass is 16.1. The SMILES string of the molecule is Cc1ccc(-n2ncc(C(=O)NCCN(C)C)c2C)cc1. The number of nitrogens with zero attached hydrogens (tertiary/aromatic N) is 3. The smallest absolute Gasteiger partial charge is 0.254 e. The summed E-state index contributed by atoms with van der Waals surface area (Å²) in [6.45, 7) is 5.40. The molecule has 0 atom stereocenters. The van der Waals surface area contributed by atoms with Gasteiger partial charge in [0.2, 0.25) is 0 Å². The lowest BCUT2D eigenvalue weighted by atomic mass is 10.2. The van der Waals surface area contributed by atoms with Crippen molar-refractivity contribution in [1.82, 2.24) is 20.0 Å². The van der Waals surface area contributed by atoms with Crippen molar-refractivity contribution in [3.05, 3.63) is 47.3 Å². The van der Waals surface area contributed by atoms with Crippen LogP contribution < -0.4 is 5.32 Å². The Morgan fingerprint density at radius 3 is 2.52 bits per heavy atom. The second kappa shape index (κ2) is 6.54. The highest BCUT2D eigenvalue weighted by Crippen LogP contribution is 2.14. The summed E-state index contributed by atoms with van der Waals surface area (Å²) in [5.41, 5.74) is 3.63. The second-order valence-corrected chi connectivity index (χ2v) is 5.45. The van der Waals surface area contributed by atoms with Crippen LogP contribution in [-0.4, -0.2) is 47.8 Å². The molecule has 2 rings (SSSR count). The quantitative estimate of drug-likeness (QED) is 0.911. The number of amides is 1. The van der Waals surface area contributed by atoms with Crippen molar-refractivity contribution in [3.8, 4) is 5.69 Å². The van der Waals surface area contributed by atoms with Crippen molar-refractivity contribution in [2.45, 2.75) is 13.8 Å². The number of rotatable bonds is 5.